The number of guanidine groups is 1. The minimum atomic E-state index is -0.0381. The Morgan fingerprint density at radius 1 is 1.50 bits per heavy atom. The summed E-state index contributed by atoms with van der Waals surface area (Å²) in [6.07, 6.45) is 0. The van der Waals surface area contributed by atoms with Crippen molar-refractivity contribution in [2.24, 2.45) is 10.7 Å². The molecule has 3 nitrogen and oxygen atoms in total. The Hall–Kier alpha value is 0.180. The largest absolute Gasteiger partial charge is 0.370 e. The number of thiophene rings is 1. The van der Waals surface area contributed by atoms with E-state index in [1.54, 1.807) is 11.3 Å². The molecule has 1 heterocycles. The Morgan fingerprint density at radius 2 is 2.12 bits per heavy atom. The first-order valence-corrected chi connectivity index (χ1v) is 6.30. The molecule has 0 unspecified atom stereocenters. The number of nitrogens with one attached hydrogen (secondary N) is 1. The molecule has 0 saturated carbocycles. The molecule has 6 heteroatoms. The van der Waals surface area contributed by atoms with Crippen molar-refractivity contribution >= 4 is 57.2 Å². The second kappa shape index (κ2) is 6.80. The summed E-state index contributed by atoms with van der Waals surface area (Å²) in [6.45, 7) is 6.79. The lowest BCUT2D eigenvalue weighted by Gasteiger charge is -2.20. The molecule has 0 saturated heterocycles. The van der Waals surface area contributed by atoms with E-state index < -0.39 is 0 Å². The molecule has 1 aromatic heterocycles. The van der Waals surface area contributed by atoms with Gasteiger partial charge in [-0.1, -0.05) is 0 Å². The standard InChI is InChI=1S/C10H16BrN3S.HI/c1-10(2,3)14-9(12)13-6-7-4-5-8(11)15-7;/h4-5H,6H2,1-3H3,(H3,12,13,14);1H. The third kappa shape index (κ3) is 6.70. The molecule has 0 amide bonds. The molecule has 0 radical (unpaired) electrons. The zero-order valence-electron chi connectivity index (χ0n) is 9.58. The predicted molar refractivity (Wildman–Crippen MR) is 85.6 cm³/mol. The monoisotopic (exact) mass is 417 g/mol. The van der Waals surface area contributed by atoms with Crippen LogP contribution in [0.15, 0.2) is 20.9 Å². The lowest BCUT2D eigenvalue weighted by molar-refractivity contribution is 0.508. The van der Waals surface area contributed by atoms with Crippen LogP contribution in [0, 0.1) is 0 Å². The predicted octanol–water partition coefficient (Wildman–Crippen LogP) is 3.33. The van der Waals surface area contributed by atoms with Crippen molar-refractivity contribution in [3.05, 3.63) is 20.8 Å². The van der Waals surface area contributed by atoms with Gasteiger partial charge in [0, 0.05) is 10.4 Å². The molecule has 3 N–H and O–H groups in total. The van der Waals surface area contributed by atoms with E-state index in [0.717, 1.165) is 3.79 Å². The summed E-state index contributed by atoms with van der Waals surface area (Å²) in [5.41, 5.74) is 5.71. The molecule has 0 aromatic carbocycles. The summed E-state index contributed by atoms with van der Waals surface area (Å²) in [5.74, 6) is 0.493. The maximum atomic E-state index is 5.75. The van der Waals surface area contributed by atoms with Crippen molar-refractivity contribution in [3.63, 3.8) is 0 Å². The molecule has 16 heavy (non-hydrogen) atoms. The van der Waals surface area contributed by atoms with Crippen LogP contribution in [0.2, 0.25) is 0 Å². The van der Waals surface area contributed by atoms with Crippen molar-refractivity contribution in [2.45, 2.75) is 32.9 Å². The Balaban J connectivity index is 0.00000225. The first kappa shape index (κ1) is 16.2. The van der Waals surface area contributed by atoms with Gasteiger partial charge in [-0.25, -0.2) is 4.99 Å². The van der Waals surface area contributed by atoms with Crippen LogP contribution in [-0.4, -0.2) is 11.5 Å². The van der Waals surface area contributed by atoms with Gasteiger partial charge in [-0.15, -0.1) is 35.3 Å². The highest BCUT2D eigenvalue weighted by Crippen LogP contribution is 2.22. The van der Waals surface area contributed by atoms with Crippen LogP contribution in [0.1, 0.15) is 25.6 Å². The van der Waals surface area contributed by atoms with Crippen molar-refractivity contribution in [1.82, 2.24) is 5.32 Å². The summed E-state index contributed by atoms with van der Waals surface area (Å²) in [7, 11) is 0. The second-order valence-electron chi connectivity index (χ2n) is 4.28. The zero-order chi connectivity index (χ0) is 11.5. The third-order valence-corrected chi connectivity index (χ3v) is 3.15. The first-order valence-electron chi connectivity index (χ1n) is 4.69. The van der Waals surface area contributed by atoms with Crippen LogP contribution in [0.4, 0.5) is 0 Å². The molecule has 0 aliphatic rings. The van der Waals surface area contributed by atoms with Crippen molar-refractivity contribution in [1.29, 1.82) is 0 Å². The number of nitrogens with zero attached hydrogens (tertiary/aromatic N) is 1. The summed E-state index contributed by atoms with van der Waals surface area (Å²) in [5, 5.41) is 3.12. The highest BCUT2D eigenvalue weighted by Gasteiger charge is 2.09. The quantitative estimate of drug-likeness (QED) is 0.440. The smallest absolute Gasteiger partial charge is 0.189 e. The zero-order valence-corrected chi connectivity index (χ0v) is 14.3. The number of nitrogens with two attached hydrogens (primary N) is 1. The van der Waals surface area contributed by atoms with E-state index in [1.165, 1.54) is 4.88 Å². The van der Waals surface area contributed by atoms with Gasteiger partial charge in [-0.3, -0.25) is 0 Å². The van der Waals surface area contributed by atoms with E-state index in [-0.39, 0.29) is 29.5 Å². The maximum absolute atomic E-state index is 5.75. The molecular weight excluding hydrogens is 401 g/mol. The van der Waals surface area contributed by atoms with E-state index in [0.29, 0.717) is 12.5 Å². The fraction of sp³-hybridized carbons (Fsp3) is 0.500. The van der Waals surface area contributed by atoms with E-state index in [9.17, 15) is 0 Å². The SMILES string of the molecule is CC(C)(C)NC(N)=NCc1ccc(Br)s1.I. The van der Waals surface area contributed by atoms with E-state index in [1.807, 2.05) is 12.1 Å². The van der Waals surface area contributed by atoms with Gasteiger partial charge in [0.05, 0.1) is 10.3 Å². The molecule has 0 fully saturated rings. The summed E-state index contributed by atoms with van der Waals surface area (Å²) < 4.78 is 1.12. The van der Waals surface area contributed by atoms with Crippen molar-refractivity contribution in [3.8, 4) is 0 Å². The van der Waals surface area contributed by atoms with Crippen LogP contribution in [-0.2, 0) is 6.54 Å². The minimum Gasteiger partial charge on any atom is -0.370 e. The lowest BCUT2D eigenvalue weighted by atomic mass is 10.1. The summed E-state index contributed by atoms with van der Waals surface area (Å²) in [6, 6.07) is 4.06. The number of hydrogen-bond donors (Lipinski definition) is 2. The highest BCUT2D eigenvalue weighted by atomic mass is 127. The summed E-state index contributed by atoms with van der Waals surface area (Å²) in [4.78, 5) is 5.46. The summed E-state index contributed by atoms with van der Waals surface area (Å²) >= 11 is 5.09. The van der Waals surface area contributed by atoms with Gasteiger partial charge in [-0.2, -0.15) is 0 Å². The molecule has 0 bridgehead atoms. The molecule has 0 atom stereocenters. The number of hydrogen-bond acceptors (Lipinski definition) is 2. The van der Waals surface area contributed by atoms with Crippen LogP contribution >= 0.6 is 51.2 Å². The topological polar surface area (TPSA) is 50.4 Å². The van der Waals surface area contributed by atoms with Crippen LogP contribution < -0.4 is 11.1 Å². The van der Waals surface area contributed by atoms with Crippen molar-refractivity contribution in [2.75, 3.05) is 0 Å². The van der Waals surface area contributed by atoms with Gasteiger partial charge in [0.25, 0.3) is 0 Å². The molecular formula is C10H17BrIN3S. The van der Waals surface area contributed by atoms with Crippen LogP contribution in [0.3, 0.4) is 0 Å². The van der Waals surface area contributed by atoms with E-state index >= 15 is 0 Å². The normalized spacial score (nSPS) is 12.1. The number of halogens is 2. The Bertz CT molecular complexity index is 357. The van der Waals surface area contributed by atoms with Gasteiger partial charge in [0.2, 0.25) is 0 Å². The first-order chi connectivity index (χ1) is 6.87. The van der Waals surface area contributed by atoms with Gasteiger partial charge in [0.1, 0.15) is 0 Å². The highest BCUT2D eigenvalue weighted by molar-refractivity contribution is 14.0. The average molecular weight is 418 g/mol. The lowest BCUT2D eigenvalue weighted by Crippen LogP contribution is -2.44. The van der Waals surface area contributed by atoms with Gasteiger partial charge in [-0.05, 0) is 48.8 Å². The van der Waals surface area contributed by atoms with E-state index in [2.05, 4.69) is 47.0 Å². The maximum Gasteiger partial charge on any atom is 0.189 e. The Kier molecular flexibility index (Phi) is 6.88. The third-order valence-electron chi connectivity index (χ3n) is 1.54. The minimum absolute atomic E-state index is 0. The molecule has 0 aliphatic heterocycles. The molecule has 0 spiro atoms. The molecule has 92 valence electrons. The van der Waals surface area contributed by atoms with Gasteiger partial charge in [0.15, 0.2) is 5.96 Å². The van der Waals surface area contributed by atoms with Gasteiger partial charge >= 0.3 is 0 Å². The fourth-order valence-corrected chi connectivity index (χ4v) is 2.43. The molecule has 1 rings (SSSR count). The van der Waals surface area contributed by atoms with Gasteiger partial charge < -0.3 is 11.1 Å². The Morgan fingerprint density at radius 3 is 2.56 bits per heavy atom. The van der Waals surface area contributed by atoms with Crippen LogP contribution in [0.5, 0.6) is 0 Å². The van der Waals surface area contributed by atoms with Crippen LogP contribution in [0.25, 0.3) is 0 Å². The number of aliphatic imine (C=N–C) groups is 1. The average Bonchev–Trinajstić information content (AvgIpc) is 2.45. The second-order valence-corrected chi connectivity index (χ2v) is 6.83. The van der Waals surface area contributed by atoms with E-state index in [4.69, 9.17) is 5.73 Å². The molecule has 1 aromatic rings. The Labute approximate surface area is 126 Å². The molecule has 0 aliphatic carbocycles. The number of rotatable bonds is 2. The fourth-order valence-electron chi connectivity index (χ4n) is 1.02. The van der Waals surface area contributed by atoms with Crippen molar-refractivity contribution < 1.29 is 0 Å².